The number of H-pyrrole nitrogens is 1. The molecule has 72 valence electrons. The van der Waals surface area contributed by atoms with Crippen LogP contribution >= 0.6 is 0 Å². The molecule has 14 heavy (non-hydrogen) atoms. The summed E-state index contributed by atoms with van der Waals surface area (Å²) in [4.78, 5) is 23.9. The van der Waals surface area contributed by atoms with Gasteiger partial charge in [0.2, 0.25) is 0 Å². The molecule has 0 spiro atoms. The van der Waals surface area contributed by atoms with E-state index in [-0.39, 0.29) is 18.4 Å². The predicted octanol–water partition coefficient (Wildman–Crippen LogP) is 0.225. The summed E-state index contributed by atoms with van der Waals surface area (Å²) in [5, 5.41) is 6.44. The number of nitrogens with one attached hydrogen (secondary N) is 1. The summed E-state index contributed by atoms with van der Waals surface area (Å²) in [6.45, 7) is 1.89. The molecule has 2 rings (SSSR count). The first kappa shape index (κ1) is 8.68. The van der Waals surface area contributed by atoms with E-state index in [9.17, 15) is 9.59 Å². The van der Waals surface area contributed by atoms with Gasteiger partial charge >= 0.3 is 0 Å². The van der Waals surface area contributed by atoms with Gasteiger partial charge in [0, 0.05) is 17.8 Å². The Morgan fingerprint density at radius 1 is 1.50 bits per heavy atom. The Balaban J connectivity index is 2.15. The summed E-state index contributed by atoms with van der Waals surface area (Å²) in [7, 11) is 0. The maximum atomic E-state index is 11.4. The van der Waals surface area contributed by atoms with Gasteiger partial charge in [0.05, 0.1) is 12.2 Å². The van der Waals surface area contributed by atoms with Crippen LogP contribution in [0.25, 0.3) is 0 Å². The minimum absolute atomic E-state index is 0.232. The number of aromatic nitrogens is 2. The molecule has 0 saturated carbocycles. The second kappa shape index (κ2) is 3.10. The zero-order chi connectivity index (χ0) is 10.1. The lowest BCUT2D eigenvalue weighted by Gasteiger charge is -2.12. The van der Waals surface area contributed by atoms with Crippen LogP contribution in [-0.4, -0.2) is 26.9 Å². The van der Waals surface area contributed by atoms with Gasteiger partial charge in [-0.15, -0.1) is 0 Å². The van der Waals surface area contributed by atoms with E-state index < -0.39 is 0 Å². The van der Waals surface area contributed by atoms with Crippen LogP contribution in [0.15, 0.2) is 23.9 Å². The molecular weight excluding hydrogens is 182 g/mol. The molecule has 0 bridgehead atoms. The van der Waals surface area contributed by atoms with Gasteiger partial charge in [-0.25, -0.2) is 0 Å². The zero-order valence-corrected chi connectivity index (χ0v) is 7.65. The fourth-order valence-electron chi connectivity index (χ4n) is 1.33. The second-order valence-electron chi connectivity index (χ2n) is 3.14. The zero-order valence-electron chi connectivity index (χ0n) is 7.65. The summed E-state index contributed by atoms with van der Waals surface area (Å²) in [5.74, 6) is -0.494. The summed E-state index contributed by atoms with van der Waals surface area (Å²) >= 11 is 0. The summed E-state index contributed by atoms with van der Waals surface area (Å²) in [5.41, 5.74) is 1.23. The molecule has 1 aromatic heterocycles. The fourth-order valence-corrected chi connectivity index (χ4v) is 1.33. The van der Waals surface area contributed by atoms with Crippen LogP contribution in [0.1, 0.15) is 12.6 Å². The van der Waals surface area contributed by atoms with Gasteiger partial charge in [-0.05, 0) is 13.0 Å². The van der Waals surface area contributed by atoms with Crippen LogP contribution in [0.3, 0.4) is 0 Å². The number of hydrogen-bond acceptors (Lipinski definition) is 3. The minimum Gasteiger partial charge on any atom is -0.281 e. The average Bonchev–Trinajstić information content (AvgIpc) is 2.71. The standard InChI is InChI=1S/C9H9N3O2/c1-6-4-8(13)12(9(6)14)5-7-2-3-10-11-7/h2-4H,5H2,1H3,(H,10,11). The normalized spacial score (nSPS) is 16.4. The predicted molar refractivity (Wildman–Crippen MR) is 47.9 cm³/mol. The molecule has 0 atom stereocenters. The third-order valence-corrected chi connectivity index (χ3v) is 2.08. The van der Waals surface area contributed by atoms with Gasteiger partial charge in [-0.3, -0.25) is 19.6 Å². The first-order valence-corrected chi connectivity index (χ1v) is 4.21. The maximum absolute atomic E-state index is 11.4. The molecule has 2 heterocycles. The number of carbonyl (C=O) groups excluding carboxylic acids is 2. The van der Waals surface area contributed by atoms with Gasteiger partial charge in [0.15, 0.2) is 0 Å². The summed E-state index contributed by atoms with van der Waals surface area (Å²) < 4.78 is 0. The first-order chi connectivity index (χ1) is 6.68. The van der Waals surface area contributed by atoms with Crippen molar-refractivity contribution in [2.24, 2.45) is 0 Å². The Morgan fingerprint density at radius 3 is 2.79 bits per heavy atom. The number of amides is 2. The average molecular weight is 191 g/mol. The summed E-state index contributed by atoms with van der Waals surface area (Å²) in [6, 6.07) is 1.73. The Labute approximate surface area is 80.4 Å². The third kappa shape index (κ3) is 1.32. The van der Waals surface area contributed by atoms with Crippen molar-refractivity contribution in [1.82, 2.24) is 15.1 Å². The van der Waals surface area contributed by atoms with Crippen molar-refractivity contribution in [1.29, 1.82) is 0 Å². The second-order valence-corrected chi connectivity index (χ2v) is 3.14. The molecular formula is C9H9N3O2. The van der Waals surface area contributed by atoms with Crippen LogP contribution in [-0.2, 0) is 16.1 Å². The minimum atomic E-state index is -0.262. The lowest BCUT2D eigenvalue weighted by Crippen LogP contribution is -2.30. The highest BCUT2D eigenvalue weighted by Gasteiger charge is 2.28. The van der Waals surface area contributed by atoms with Crippen LogP contribution in [0, 0.1) is 0 Å². The number of carbonyl (C=O) groups is 2. The Morgan fingerprint density at radius 2 is 2.29 bits per heavy atom. The van der Waals surface area contributed by atoms with Crippen molar-refractivity contribution in [2.45, 2.75) is 13.5 Å². The van der Waals surface area contributed by atoms with Crippen LogP contribution in [0.2, 0.25) is 0 Å². The molecule has 0 unspecified atom stereocenters. The monoisotopic (exact) mass is 191 g/mol. The number of rotatable bonds is 2. The molecule has 1 aromatic rings. The van der Waals surface area contributed by atoms with E-state index in [0.717, 1.165) is 5.69 Å². The van der Waals surface area contributed by atoms with E-state index in [1.165, 1.54) is 11.0 Å². The molecule has 1 aliphatic heterocycles. The number of nitrogens with zero attached hydrogens (tertiary/aromatic N) is 2. The smallest absolute Gasteiger partial charge is 0.256 e. The molecule has 5 heteroatoms. The van der Waals surface area contributed by atoms with Crippen molar-refractivity contribution in [3.63, 3.8) is 0 Å². The van der Waals surface area contributed by atoms with Crippen molar-refractivity contribution >= 4 is 11.8 Å². The van der Waals surface area contributed by atoms with Crippen molar-refractivity contribution in [2.75, 3.05) is 0 Å². The van der Waals surface area contributed by atoms with Crippen molar-refractivity contribution in [3.05, 3.63) is 29.6 Å². The van der Waals surface area contributed by atoms with Crippen LogP contribution < -0.4 is 0 Å². The van der Waals surface area contributed by atoms with Crippen LogP contribution in [0.4, 0.5) is 0 Å². The Hall–Kier alpha value is -1.91. The topological polar surface area (TPSA) is 66.1 Å². The lowest BCUT2D eigenvalue weighted by atomic mass is 10.3. The SMILES string of the molecule is CC1=CC(=O)N(Cc2ccn[nH]2)C1=O. The number of aromatic amines is 1. The van der Waals surface area contributed by atoms with E-state index in [1.807, 2.05) is 0 Å². The summed E-state index contributed by atoms with van der Waals surface area (Å²) in [6.07, 6.45) is 2.93. The van der Waals surface area contributed by atoms with Gasteiger partial charge in [-0.2, -0.15) is 5.10 Å². The molecule has 0 aliphatic carbocycles. The molecule has 1 N–H and O–H groups in total. The van der Waals surface area contributed by atoms with E-state index in [2.05, 4.69) is 10.2 Å². The van der Waals surface area contributed by atoms with Gasteiger partial charge in [-0.1, -0.05) is 0 Å². The van der Waals surface area contributed by atoms with Gasteiger partial charge in [0.1, 0.15) is 0 Å². The lowest BCUT2D eigenvalue weighted by molar-refractivity contribution is -0.137. The molecule has 0 fully saturated rings. The fraction of sp³-hybridized carbons (Fsp3) is 0.222. The number of imide groups is 1. The van der Waals surface area contributed by atoms with E-state index >= 15 is 0 Å². The van der Waals surface area contributed by atoms with Crippen LogP contribution in [0.5, 0.6) is 0 Å². The highest BCUT2D eigenvalue weighted by Crippen LogP contribution is 2.14. The maximum Gasteiger partial charge on any atom is 0.256 e. The molecule has 0 aromatic carbocycles. The largest absolute Gasteiger partial charge is 0.281 e. The molecule has 0 saturated heterocycles. The highest BCUT2D eigenvalue weighted by molar-refractivity contribution is 6.15. The van der Waals surface area contributed by atoms with Gasteiger partial charge in [0.25, 0.3) is 11.8 Å². The Kier molecular flexibility index (Phi) is 1.92. The molecule has 0 radical (unpaired) electrons. The first-order valence-electron chi connectivity index (χ1n) is 4.21. The third-order valence-electron chi connectivity index (χ3n) is 2.08. The van der Waals surface area contributed by atoms with Gasteiger partial charge < -0.3 is 0 Å². The quantitative estimate of drug-likeness (QED) is 0.680. The molecule has 5 nitrogen and oxygen atoms in total. The molecule has 2 amide bonds. The van der Waals surface area contributed by atoms with E-state index in [1.54, 1.807) is 19.2 Å². The number of hydrogen-bond donors (Lipinski definition) is 1. The highest BCUT2D eigenvalue weighted by atomic mass is 16.2. The van der Waals surface area contributed by atoms with Crippen molar-refractivity contribution in [3.8, 4) is 0 Å². The van der Waals surface area contributed by atoms with E-state index in [4.69, 9.17) is 0 Å². The molecule has 1 aliphatic rings. The van der Waals surface area contributed by atoms with Crippen molar-refractivity contribution < 1.29 is 9.59 Å². The Bertz CT molecular complexity index is 406. The van der Waals surface area contributed by atoms with E-state index in [0.29, 0.717) is 5.57 Å².